The lowest BCUT2D eigenvalue weighted by Crippen LogP contribution is -2.38. The van der Waals surface area contributed by atoms with E-state index in [9.17, 15) is 9.59 Å². The first kappa shape index (κ1) is 25.6. The molecule has 1 aliphatic heterocycles. The van der Waals surface area contributed by atoms with E-state index in [4.69, 9.17) is 14.2 Å². The van der Waals surface area contributed by atoms with Gasteiger partial charge in [-0.05, 0) is 55.8 Å². The summed E-state index contributed by atoms with van der Waals surface area (Å²) in [6.07, 6.45) is 0. The lowest BCUT2D eigenvalue weighted by atomic mass is 10.0. The van der Waals surface area contributed by atoms with Gasteiger partial charge >= 0.3 is 0 Å². The summed E-state index contributed by atoms with van der Waals surface area (Å²) >= 11 is 0. The number of hydrogen-bond donors (Lipinski definition) is 0. The van der Waals surface area contributed by atoms with Crippen LogP contribution in [0.3, 0.4) is 0 Å². The van der Waals surface area contributed by atoms with Gasteiger partial charge in [-0.2, -0.15) is 4.98 Å². The van der Waals surface area contributed by atoms with Crippen LogP contribution in [-0.4, -0.2) is 59.5 Å². The van der Waals surface area contributed by atoms with E-state index in [0.717, 1.165) is 49.9 Å². The van der Waals surface area contributed by atoms with Gasteiger partial charge in [-0.15, -0.1) is 0 Å². The molecular weight excluding hydrogens is 482 g/mol. The highest BCUT2D eigenvalue weighted by Gasteiger charge is 2.13. The zero-order valence-electron chi connectivity index (χ0n) is 21.7. The van der Waals surface area contributed by atoms with E-state index in [1.807, 2.05) is 43.3 Å². The van der Waals surface area contributed by atoms with E-state index in [-0.39, 0.29) is 17.9 Å². The van der Waals surface area contributed by atoms with Crippen LogP contribution >= 0.6 is 0 Å². The molecule has 0 bridgehead atoms. The maximum absolute atomic E-state index is 13.0. The second-order valence-corrected chi connectivity index (χ2v) is 9.35. The van der Waals surface area contributed by atoms with E-state index in [0.29, 0.717) is 34.8 Å². The molecule has 1 fully saturated rings. The highest BCUT2D eigenvalue weighted by Crippen LogP contribution is 2.18. The molecule has 196 valence electrons. The van der Waals surface area contributed by atoms with E-state index < -0.39 is 0 Å². The third kappa shape index (κ3) is 5.77. The molecule has 0 aliphatic carbocycles. The number of ether oxygens (including phenoxy) is 3. The molecule has 8 heteroatoms. The fraction of sp³-hybridized carbons (Fsp3) is 0.300. The van der Waals surface area contributed by atoms with Crippen LogP contribution in [0.5, 0.6) is 11.6 Å². The van der Waals surface area contributed by atoms with Gasteiger partial charge < -0.3 is 14.2 Å². The molecule has 0 atom stereocenters. The van der Waals surface area contributed by atoms with E-state index >= 15 is 0 Å². The van der Waals surface area contributed by atoms with Crippen molar-refractivity contribution in [3.63, 3.8) is 0 Å². The monoisotopic (exact) mass is 513 g/mol. The molecule has 4 aromatic rings. The molecule has 0 N–H and O–H groups in total. The summed E-state index contributed by atoms with van der Waals surface area (Å²) in [5, 5.41) is 0. The minimum Gasteiger partial charge on any atom is -0.492 e. The number of carbonyl (C=O) groups excluding carboxylic acids is 1. The summed E-state index contributed by atoms with van der Waals surface area (Å²) in [5.41, 5.74) is 3.74. The zero-order valence-corrected chi connectivity index (χ0v) is 21.7. The van der Waals surface area contributed by atoms with Crippen LogP contribution < -0.4 is 15.0 Å². The maximum atomic E-state index is 13.0. The number of ketones is 1. The molecule has 0 radical (unpaired) electrons. The molecule has 1 saturated heterocycles. The van der Waals surface area contributed by atoms with Crippen molar-refractivity contribution >= 4 is 11.4 Å². The number of hydrogen-bond acceptors (Lipinski definition) is 7. The van der Waals surface area contributed by atoms with Gasteiger partial charge in [-0.1, -0.05) is 30.3 Å². The summed E-state index contributed by atoms with van der Waals surface area (Å²) in [6.45, 7) is 8.68. The average Bonchev–Trinajstić information content (AvgIpc) is 2.95. The minimum absolute atomic E-state index is 0.0623. The first-order valence-electron chi connectivity index (χ1n) is 12.8. The predicted molar refractivity (Wildman–Crippen MR) is 144 cm³/mol. The number of benzene rings is 2. The van der Waals surface area contributed by atoms with Gasteiger partial charge in [0, 0.05) is 36.5 Å². The summed E-state index contributed by atoms with van der Waals surface area (Å²) < 4.78 is 18.7. The molecule has 38 heavy (non-hydrogen) atoms. The van der Waals surface area contributed by atoms with Crippen molar-refractivity contribution in [1.29, 1.82) is 0 Å². The third-order valence-corrected chi connectivity index (χ3v) is 6.71. The Kier molecular flexibility index (Phi) is 7.81. The Hall–Kier alpha value is -4.01. The maximum Gasteiger partial charge on any atom is 0.264 e. The lowest BCUT2D eigenvalue weighted by Gasteiger charge is -2.26. The number of rotatable bonds is 9. The highest BCUT2D eigenvalue weighted by molar-refractivity contribution is 6.09. The fourth-order valence-corrected chi connectivity index (χ4v) is 4.43. The van der Waals surface area contributed by atoms with Crippen molar-refractivity contribution in [1.82, 2.24) is 14.3 Å². The van der Waals surface area contributed by atoms with Crippen LogP contribution in [0.25, 0.3) is 5.65 Å². The second-order valence-electron chi connectivity index (χ2n) is 9.35. The van der Waals surface area contributed by atoms with Crippen LogP contribution in [0.2, 0.25) is 0 Å². The van der Waals surface area contributed by atoms with Gasteiger partial charge in [0.2, 0.25) is 5.88 Å². The van der Waals surface area contributed by atoms with Gasteiger partial charge in [-0.25, -0.2) is 0 Å². The molecule has 8 nitrogen and oxygen atoms in total. The molecule has 3 heterocycles. The molecule has 0 amide bonds. The predicted octanol–water partition coefficient (Wildman–Crippen LogP) is 3.83. The standard InChI is InChI=1S/C30H31N3O5/c1-21-4-3-5-27-31-29(22(2)30(35)33(21)27)38-20-23-6-8-24(9-7-23)28(34)25-10-12-26(13-11-25)37-19-16-32-14-17-36-18-15-32/h3-13H,14-20H2,1-2H3. The topological polar surface area (TPSA) is 82.4 Å². The Morgan fingerprint density at radius 2 is 1.61 bits per heavy atom. The molecule has 0 saturated carbocycles. The molecule has 0 spiro atoms. The largest absolute Gasteiger partial charge is 0.492 e. The molecule has 0 unspecified atom stereocenters. The van der Waals surface area contributed by atoms with Crippen LogP contribution in [-0.2, 0) is 11.3 Å². The minimum atomic E-state index is -0.141. The fourth-order valence-electron chi connectivity index (χ4n) is 4.43. The van der Waals surface area contributed by atoms with E-state index in [1.165, 1.54) is 0 Å². The molecule has 5 rings (SSSR count). The SMILES string of the molecule is Cc1c(OCc2ccc(C(=O)c3ccc(OCCN4CCOCC4)cc3)cc2)nc2cccc(C)n2c1=O. The Labute approximate surface area is 221 Å². The van der Waals surface area contributed by atoms with Crippen molar-refractivity contribution in [2.24, 2.45) is 0 Å². The summed E-state index contributed by atoms with van der Waals surface area (Å²) in [7, 11) is 0. The Morgan fingerprint density at radius 1 is 0.921 bits per heavy atom. The van der Waals surface area contributed by atoms with Crippen LogP contribution in [0, 0.1) is 13.8 Å². The molecular formula is C30H31N3O5. The highest BCUT2D eigenvalue weighted by atomic mass is 16.5. The first-order chi connectivity index (χ1) is 18.5. The number of aromatic nitrogens is 2. The zero-order chi connectivity index (χ0) is 26.5. The number of pyridine rings is 1. The van der Waals surface area contributed by atoms with Crippen LogP contribution in [0.15, 0.2) is 71.5 Å². The average molecular weight is 514 g/mol. The molecule has 2 aromatic heterocycles. The number of aryl methyl sites for hydroxylation is 1. The van der Waals surface area contributed by atoms with Gasteiger partial charge in [-0.3, -0.25) is 18.9 Å². The smallest absolute Gasteiger partial charge is 0.264 e. The van der Waals surface area contributed by atoms with Crippen molar-refractivity contribution in [2.75, 3.05) is 39.5 Å². The molecule has 2 aromatic carbocycles. The third-order valence-electron chi connectivity index (χ3n) is 6.71. The van der Waals surface area contributed by atoms with Gasteiger partial charge in [0.1, 0.15) is 24.6 Å². The Morgan fingerprint density at radius 3 is 2.32 bits per heavy atom. The van der Waals surface area contributed by atoms with Crippen LogP contribution in [0.1, 0.15) is 32.7 Å². The molecule has 1 aliphatic rings. The van der Waals surface area contributed by atoms with Crippen molar-refractivity contribution in [2.45, 2.75) is 20.5 Å². The van der Waals surface area contributed by atoms with Crippen LogP contribution in [0.4, 0.5) is 0 Å². The normalized spacial score (nSPS) is 13.9. The van der Waals surface area contributed by atoms with Gasteiger partial charge in [0.05, 0.1) is 18.8 Å². The first-order valence-corrected chi connectivity index (χ1v) is 12.8. The summed E-state index contributed by atoms with van der Waals surface area (Å²) in [6, 6.07) is 20.0. The van der Waals surface area contributed by atoms with Gasteiger partial charge in [0.15, 0.2) is 5.78 Å². The number of nitrogens with zero attached hydrogens (tertiary/aromatic N) is 3. The summed E-state index contributed by atoms with van der Waals surface area (Å²) in [5.74, 6) is 0.996. The Bertz CT molecular complexity index is 1470. The van der Waals surface area contributed by atoms with Gasteiger partial charge in [0.25, 0.3) is 5.56 Å². The van der Waals surface area contributed by atoms with E-state index in [1.54, 1.807) is 41.7 Å². The van der Waals surface area contributed by atoms with Crippen molar-refractivity contribution < 1.29 is 19.0 Å². The van der Waals surface area contributed by atoms with Crippen molar-refractivity contribution in [3.8, 4) is 11.6 Å². The lowest BCUT2D eigenvalue weighted by molar-refractivity contribution is 0.0322. The quantitative estimate of drug-likeness (QED) is 0.315. The van der Waals surface area contributed by atoms with E-state index in [2.05, 4.69) is 9.88 Å². The summed E-state index contributed by atoms with van der Waals surface area (Å²) in [4.78, 5) is 32.6. The van der Waals surface area contributed by atoms with Crippen molar-refractivity contribution in [3.05, 3.63) is 105 Å². The Balaban J connectivity index is 1.17. The number of morpholine rings is 1. The number of fused-ring (bicyclic) bond motifs is 1. The second kappa shape index (κ2) is 11.6. The number of carbonyl (C=O) groups is 1.